The number of anilines is 3. The first kappa shape index (κ1) is 41.6. The maximum Gasteiger partial charge on any atom is 0.340 e. The van der Waals surface area contributed by atoms with E-state index in [1.165, 1.54) is 42.6 Å². The molecule has 1 atom stereocenters. The first-order valence-corrected chi connectivity index (χ1v) is 19.9. The van der Waals surface area contributed by atoms with Crippen molar-refractivity contribution in [3.8, 4) is 23.0 Å². The lowest BCUT2D eigenvalue weighted by molar-refractivity contribution is -0.139. The number of ketones is 1. The van der Waals surface area contributed by atoms with Crippen LogP contribution in [0.2, 0.25) is 0 Å². The van der Waals surface area contributed by atoms with E-state index < -0.39 is 35.0 Å². The number of hydrogen-bond acceptors (Lipinski definition) is 15. The monoisotopic (exact) mass is 871 g/mol. The van der Waals surface area contributed by atoms with Crippen LogP contribution in [0.25, 0.3) is 11.2 Å². The standard InChI is InChI=1S/C43H37N9O10S/c44-41-51-36-35(38(57)52-41)48-24(20-47-36)19-46-22-5-3-21(4-6-22)37(56)50-32(39(58)59)14-10-25(53)2-1-15-45-42(63)49-23-7-11-29-28(16-23)40(60)62-43(29)30-12-8-26(54)17-33(30)61-34-18-27(55)9-13-31(34)43/h3-9,11-13,16-18,20,32,46,54-55H,1-2,10,14-15,19H2,(H,50,56)(H,58,59)(H2,45,49,63)(H3,44,47,51,52,57)/t32-/m0/s1. The number of hydrogen-bond donors (Lipinski definition) is 9. The number of phenolic OH excluding ortho intramolecular Hbond substituents is 2. The number of Topliss-reactive ketones (excluding diaryl/α,β-unsaturated/α-hetero) is 1. The van der Waals surface area contributed by atoms with Crippen LogP contribution in [-0.4, -0.2) is 76.6 Å². The summed E-state index contributed by atoms with van der Waals surface area (Å²) in [7, 11) is 0. The number of aromatic hydroxyl groups is 2. The number of benzene rings is 4. The summed E-state index contributed by atoms with van der Waals surface area (Å²) in [6.07, 6.45) is 1.78. The van der Waals surface area contributed by atoms with Crippen LogP contribution in [0.4, 0.5) is 17.3 Å². The summed E-state index contributed by atoms with van der Waals surface area (Å²) in [5.74, 6) is -2.34. The highest BCUT2D eigenvalue weighted by Crippen LogP contribution is 2.57. The van der Waals surface area contributed by atoms with Crippen molar-refractivity contribution in [1.29, 1.82) is 0 Å². The predicted molar refractivity (Wildman–Crippen MR) is 231 cm³/mol. The van der Waals surface area contributed by atoms with E-state index in [1.807, 2.05) is 0 Å². The number of rotatable bonds is 14. The van der Waals surface area contributed by atoms with Crippen LogP contribution in [0.1, 0.15) is 68.8 Å². The number of H-pyrrole nitrogens is 1. The minimum absolute atomic E-state index is 0.0413. The summed E-state index contributed by atoms with van der Waals surface area (Å²) in [6, 6.07) is 19.0. The average Bonchev–Trinajstić information content (AvgIpc) is 3.53. The van der Waals surface area contributed by atoms with Gasteiger partial charge in [0.1, 0.15) is 34.8 Å². The smallest absolute Gasteiger partial charge is 0.340 e. The Morgan fingerprint density at radius 2 is 1.56 bits per heavy atom. The molecule has 0 bridgehead atoms. The molecule has 6 aromatic rings. The van der Waals surface area contributed by atoms with Gasteiger partial charge in [-0.1, -0.05) is 6.07 Å². The number of esters is 1. The third-order valence-corrected chi connectivity index (χ3v) is 10.6. The van der Waals surface area contributed by atoms with Crippen molar-refractivity contribution in [2.24, 2.45) is 0 Å². The number of thiocarbonyl (C=S) groups is 1. The summed E-state index contributed by atoms with van der Waals surface area (Å²) in [5, 5.41) is 42.0. The second-order valence-electron chi connectivity index (χ2n) is 14.6. The molecule has 20 heteroatoms. The fraction of sp³-hybridized carbons (Fsp3) is 0.186. The first-order chi connectivity index (χ1) is 30.3. The summed E-state index contributed by atoms with van der Waals surface area (Å²) in [5.41, 5.74) is 7.35. The number of carboxylic acids is 1. The highest BCUT2D eigenvalue weighted by molar-refractivity contribution is 7.80. The van der Waals surface area contributed by atoms with Crippen molar-refractivity contribution >= 4 is 69.4 Å². The minimum atomic E-state index is -1.40. The van der Waals surface area contributed by atoms with Crippen LogP contribution in [0.3, 0.4) is 0 Å². The molecule has 0 unspecified atom stereocenters. The summed E-state index contributed by atoms with van der Waals surface area (Å²) in [4.78, 5) is 77.9. The van der Waals surface area contributed by atoms with Crippen LogP contribution < -0.4 is 37.3 Å². The number of fused-ring (bicyclic) bond motifs is 7. The Bertz CT molecular complexity index is 2860. The number of carbonyl (C=O) groups is 4. The predicted octanol–water partition coefficient (Wildman–Crippen LogP) is 4.19. The highest BCUT2D eigenvalue weighted by Gasteiger charge is 2.53. The second-order valence-corrected chi connectivity index (χ2v) is 15.0. The molecule has 10 N–H and O–H groups in total. The van der Waals surface area contributed by atoms with Crippen LogP contribution >= 0.6 is 12.2 Å². The first-order valence-electron chi connectivity index (χ1n) is 19.5. The van der Waals surface area contributed by atoms with Crippen molar-refractivity contribution in [1.82, 2.24) is 30.6 Å². The van der Waals surface area contributed by atoms with E-state index in [-0.39, 0.29) is 87.9 Å². The Morgan fingerprint density at radius 1 is 0.873 bits per heavy atom. The summed E-state index contributed by atoms with van der Waals surface area (Å²) >= 11 is 5.46. The van der Waals surface area contributed by atoms with E-state index in [9.17, 15) is 39.3 Å². The number of amides is 1. The SMILES string of the molecule is Nc1nc2ncc(CNc3ccc(C(=O)N[C@@H](CCC(=O)CCCNC(=S)Nc4ccc5c(c4)C(=O)OC54c5ccc(O)cc5Oc5cc(O)ccc54)C(=O)O)cc3)nc2c(=O)[nH]1. The number of aromatic amines is 1. The zero-order valence-electron chi connectivity index (χ0n) is 32.9. The molecule has 2 aliphatic heterocycles. The summed E-state index contributed by atoms with van der Waals surface area (Å²) < 4.78 is 12.1. The zero-order chi connectivity index (χ0) is 44.4. The number of aromatic nitrogens is 4. The van der Waals surface area contributed by atoms with Gasteiger partial charge in [0.25, 0.3) is 11.5 Å². The van der Waals surface area contributed by atoms with Gasteiger partial charge in [-0.2, -0.15) is 4.98 Å². The minimum Gasteiger partial charge on any atom is -0.508 e. The van der Waals surface area contributed by atoms with Crippen molar-refractivity contribution in [3.63, 3.8) is 0 Å². The molecule has 0 saturated heterocycles. The van der Waals surface area contributed by atoms with Gasteiger partial charge < -0.3 is 51.8 Å². The van der Waals surface area contributed by atoms with E-state index in [4.69, 9.17) is 27.4 Å². The van der Waals surface area contributed by atoms with Gasteiger partial charge in [-0.15, -0.1) is 0 Å². The van der Waals surface area contributed by atoms with E-state index >= 15 is 0 Å². The Balaban J connectivity index is 0.792. The van der Waals surface area contributed by atoms with Crippen molar-refractivity contribution in [3.05, 3.63) is 129 Å². The molecule has 0 aliphatic carbocycles. The third kappa shape index (κ3) is 8.59. The van der Waals surface area contributed by atoms with Gasteiger partial charge in [0.2, 0.25) is 5.95 Å². The maximum atomic E-state index is 13.4. The number of nitrogens with zero attached hydrogens (tertiary/aromatic N) is 3. The Hall–Kier alpha value is -8.13. The molecule has 4 aromatic carbocycles. The van der Waals surface area contributed by atoms with Gasteiger partial charge >= 0.3 is 11.9 Å². The number of nitrogens with one attached hydrogen (secondary N) is 5. The Morgan fingerprint density at radius 3 is 2.25 bits per heavy atom. The highest BCUT2D eigenvalue weighted by atomic mass is 32.1. The van der Waals surface area contributed by atoms with Gasteiger partial charge in [0, 0.05) is 65.1 Å². The Labute approximate surface area is 361 Å². The largest absolute Gasteiger partial charge is 0.508 e. The average molecular weight is 872 g/mol. The zero-order valence-corrected chi connectivity index (χ0v) is 33.7. The molecule has 19 nitrogen and oxygen atoms in total. The third-order valence-electron chi connectivity index (χ3n) is 10.4. The van der Waals surface area contributed by atoms with Gasteiger partial charge in [0.05, 0.1) is 24.0 Å². The molecule has 8 rings (SSSR count). The van der Waals surface area contributed by atoms with Crippen LogP contribution in [0.15, 0.2) is 89.9 Å². The molecule has 320 valence electrons. The fourth-order valence-corrected chi connectivity index (χ4v) is 7.58. The van der Waals surface area contributed by atoms with Gasteiger partial charge in [0.15, 0.2) is 21.9 Å². The molecular weight excluding hydrogens is 835 g/mol. The van der Waals surface area contributed by atoms with Gasteiger partial charge in [-0.05, 0) is 85.7 Å². The molecule has 63 heavy (non-hydrogen) atoms. The lowest BCUT2D eigenvalue weighted by atomic mass is 9.77. The molecule has 1 amide bonds. The van der Waals surface area contributed by atoms with E-state index in [0.717, 1.165) is 0 Å². The molecule has 0 radical (unpaired) electrons. The van der Waals surface area contributed by atoms with Gasteiger partial charge in [-0.25, -0.2) is 19.6 Å². The normalized spacial score (nSPS) is 13.4. The number of aliphatic carboxylic acids is 1. The number of phenols is 2. The number of nitrogens with two attached hydrogens (primary N) is 1. The number of carbonyl (C=O) groups excluding carboxylic acids is 3. The van der Waals surface area contributed by atoms with Crippen LogP contribution in [0.5, 0.6) is 23.0 Å². The van der Waals surface area contributed by atoms with Crippen LogP contribution in [0, 0.1) is 0 Å². The molecular formula is C43H37N9O10S. The molecule has 0 fully saturated rings. The molecule has 0 saturated carbocycles. The fourth-order valence-electron chi connectivity index (χ4n) is 7.36. The van der Waals surface area contributed by atoms with Crippen LogP contribution in [-0.2, 0) is 26.5 Å². The lowest BCUT2D eigenvalue weighted by Crippen LogP contribution is -2.41. The summed E-state index contributed by atoms with van der Waals surface area (Å²) in [6.45, 7) is 0.517. The quantitative estimate of drug-likeness (QED) is 0.0421. The van der Waals surface area contributed by atoms with Gasteiger partial charge in [-0.3, -0.25) is 19.4 Å². The Kier molecular flexibility index (Phi) is 11.3. The second kappa shape index (κ2) is 17.1. The lowest BCUT2D eigenvalue weighted by Gasteiger charge is -2.36. The van der Waals surface area contributed by atoms with Crippen molar-refractivity contribution < 1.29 is 44.0 Å². The number of ether oxygens (including phenoxy) is 2. The van der Waals surface area contributed by atoms with E-state index in [0.29, 0.717) is 46.7 Å². The van der Waals surface area contributed by atoms with Crippen molar-refractivity contribution in [2.45, 2.75) is 43.9 Å². The topological polar surface area (TPSA) is 293 Å². The number of nitrogen functional groups attached to an aromatic ring is 1. The molecule has 2 aliphatic rings. The van der Waals surface area contributed by atoms with E-state index in [1.54, 1.807) is 42.5 Å². The molecule has 2 aromatic heterocycles. The molecule has 1 spiro atoms. The van der Waals surface area contributed by atoms with E-state index in [2.05, 4.69) is 41.2 Å². The number of carboxylic acid groups (broad SMARTS) is 1. The molecule has 4 heterocycles. The van der Waals surface area contributed by atoms with Crippen molar-refractivity contribution in [2.75, 3.05) is 22.9 Å². The maximum absolute atomic E-state index is 13.4.